The highest BCUT2D eigenvalue weighted by molar-refractivity contribution is 7.80. The zero-order valence-corrected chi connectivity index (χ0v) is 10.5. The van der Waals surface area contributed by atoms with Crippen LogP contribution in [0.1, 0.15) is 24.2 Å². The Kier molecular flexibility index (Phi) is 4.83. The summed E-state index contributed by atoms with van der Waals surface area (Å²) >= 11 is 4.78. The van der Waals surface area contributed by atoms with Crippen molar-refractivity contribution in [2.75, 3.05) is 11.9 Å². The number of hydrogen-bond acceptors (Lipinski definition) is 4. The first-order valence-electron chi connectivity index (χ1n) is 5.24. The average molecular weight is 278 g/mol. The summed E-state index contributed by atoms with van der Waals surface area (Å²) in [4.78, 5) is 8.15. The molecule has 1 rings (SSSR count). The maximum Gasteiger partial charge on any atom is 0.389 e. The van der Waals surface area contributed by atoms with Gasteiger partial charge in [-0.15, -0.1) is 0 Å². The Labute approximate surface area is 108 Å². The van der Waals surface area contributed by atoms with Crippen molar-refractivity contribution in [2.24, 2.45) is 5.73 Å². The molecule has 0 spiro atoms. The third-order valence-corrected chi connectivity index (χ3v) is 2.24. The molecule has 100 valence electrons. The molecule has 8 heteroatoms. The number of aromatic nitrogens is 2. The number of thiocarbonyl (C=S) groups is 1. The van der Waals surface area contributed by atoms with Crippen molar-refractivity contribution in [3.63, 3.8) is 0 Å². The monoisotopic (exact) mass is 278 g/mol. The third-order valence-electron chi connectivity index (χ3n) is 2.03. The molecule has 4 nitrogen and oxygen atoms in total. The summed E-state index contributed by atoms with van der Waals surface area (Å²) in [5.74, 6) is 0.236. The van der Waals surface area contributed by atoms with Gasteiger partial charge in [0.25, 0.3) is 0 Å². The predicted molar refractivity (Wildman–Crippen MR) is 66.4 cm³/mol. The summed E-state index contributed by atoms with van der Waals surface area (Å²) in [5, 5.41) is 2.72. The zero-order valence-electron chi connectivity index (χ0n) is 9.71. The van der Waals surface area contributed by atoms with Gasteiger partial charge in [0.2, 0.25) is 5.95 Å². The fourth-order valence-corrected chi connectivity index (χ4v) is 1.37. The lowest BCUT2D eigenvalue weighted by Gasteiger charge is -2.08. The van der Waals surface area contributed by atoms with Gasteiger partial charge in [0.05, 0.1) is 0 Å². The maximum absolute atomic E-state index is 11.9. The summed E-state index contributed by atoms with van der Waals surface area (Å²) in [6.45, 7) is 1.87. The van der Waals surface area contributed by atoms with E-state index in [1.807, 2.05) is 0 Å². The molecular weight excluding hydrogens is 265 g/mol. The molecule has 0 aliphatic rings. The number of halogens is 3. The molecule has 0 saturated carbocycles. The van der Waals surface area contributed by atoms with Gasteiger partial charge >= 0.3 is 6.18 Å². The number of nitrogens with two attached hydrogens (primary N) is 1. The Bertz CT molecular complexity index is 434. The van der Waals surface area contributed by atoms with Crippen molar-refractivity contribution in [3.8, 4) is 0 Å². The molecule has 0 aromatic carbocycles. The quantitative estimate of drug-likeness (QED) is 0.638. The summed E-state index contributed by atoms with van der Waals surface area (Å²) in [6, 6.07) is 1.61. The molecule has 3 N–H and O–H groups in total. The van der Waals surface area contributed by atoms with Crippen LogP contribution in [-0.2, 0) is 0 Å². The standard InChI is InChI=1S/C10H13F3N4S/c1-6-5-7(8(14)18)17-9(16-6)15-4-2-3-10(11,12)13/h5H,2-4H2,1H3,(H2,14,18)(H,15,16,17). The molecule has 0 aliphatic carbocycles. The van der Waals surface area contributed by atoms with Gasteiger partial charge in [-0.3, -0.25) is 0 Å². The summed E-state index contributed by atoms with van der Waals surface area (Å²) in [5.41, 5.74) is 6.47. The topological polar surface area (TPSA) is 63.8 Å². The molecule has 18 heavy (non-hydrogen) atoms. The first-order valence-corrected chi connectivity index (χ1v) is 5.65. The van der Waals surface area contributed by atoms with E-state index >= 15 is 0 Å². The van der Waals surface area contributed by atoms with Crippen LogP contribution < -0.4 is 11.1 Å². The van der Waals surface area contributed by atoms with Crippen LogP contribution in [0, 0.1) is 6.92 Å². The average Bonchev–Trinajstić information content (AvgIpc) is 2.22. The number of nitrogens with one attached hydrogen (secondary N) is 1. The number of nitrogens with zero attached hydrogens (tertiary/aromatic N) is 2. The Morgan fingerprint density at radius 3 is 2.67 bits per heavy atom. The van der Waals surface area contributed by atoms with Gasteiger partial charge in [0, 0.05) is 18.7 Å². The molecule has 1 aromatic heterocycles. The number of alkyl halides is 3. The minimum Gasteiger partial charge on any atom is -0.388 e. The van der Waals surface area contributed by atoms with Crippen molar-refractivity contribution in [1.29, 1.82) is 0 Å². The van der Waals surface area contributed by atoms with Gasteiger partial charge in [-0.25, -0.2) is 9.97 Å². The molecule has 1 heterocycles. The summed E-state index contributed by atoms with van der Waals surface area (Å²) in [7, 11) is 0. The van der Waals surface area contributed by atoms with Crippen molar-refractivity contribution in [2.45, 2.75) is 25.9 Å². The number of hydrogen-bond donors (Lipinski definition) is 2. The molecule has 0 bridgehead atoms. The molecule has 0 radical (unpaired) electrons. The fourth-order valence-electron chi connectivity index (χ4n) is 1.26. The Morgan fingerprint density at radius 2 is 2.11 bits per heavy atom. The molecule has 0 fully saturated rings. The van der Waals surface area contributed by atoms with E-state index in [1.165, 1.54) is 0 Å². The molecule has 0 amide bonds. The van der Waals surface area contributed by atoms with Crippen LogP contribution in [0.25, 0.3) is 0 Å². The van der Waals surface area contributed by atoms with Crippen LogP contribution in [0.3, 0.4) is 0 Å². The lowest BCUT2D eigenvalue weighted by atomic mass is 10.3. The van der Waals surface area contributed by atoms with E-state index in [2.05, 4.69) is 15.3 Å². The van der Waals surface area contributed by atoms with E-state index in [0.29, 0.717) is 11.4 Å². The molecule has 0 unspecified atom stereocenters. The number of aryl methyl sites for hydroxylation is 1. The second-order valence-corrected chi connectivity index (χ2v) is 4.17. The van der Waals surface area contributed by atoms with Crippen LogP contribution in [0.2, 0.25) is 0 Å². The second-order valence-electron chi connectivity index (χ2n) is 3.73. The SMILES string of the molecule is Cc1cc(C(N)=S)nc(NCCCC(F)(F)F)n1. The smallest absolute Gasteiger partial charge is 0.388 e. The molecular formula is C10H13F3N4S. The van der Waals surface area contributed by atoms with Gasteiger partial charge in [-0.05, 0) is 19.4 Å². The van der Waals surface area contributed by atoms with Crippen LogP contribution in [0.5, 0.6) is 0 Å². The van der Waals surface area contributed by atoms with E-state index in [1.54, 1.807) is 13.0 Å². The first kappa shape index (κ1) is 14.6. The van der Waals surface area contributed by atoms with E-state index in [9.17, 15) is 13.2 Å². The van der Waals surface area contributed by atoms with E-state index in [4.69, 9.17) is 18.0 Å². The third kappa shape index (κ3) is 5.26. The van der Waals surface area contributed by atoms with E-state index < -0.39 is 12.6 Å². The fraction of sp³-hybridized carbons (Fsp3) is 0.500. The van der Waals surface area contributed by atoms with Crippen LogP contribution in [0.15, 0.2) is 6.07 Å². The van der Waals surface area contributed by atoms with Gasteiger partial charge in [0.1, 0.15) is 10.7 Å². The number of anilines is 1. The normalized spacial score (nSPS) is 11.3. The van der Waals surface area contributed by atoms with Crippen molar-refractivity contribution >= 4 is 23.2 Å². The summed E-state index contributed by atoms with van der Waals surface area (Å²) < 4.78 is 35.8. The Hall–Kier alpha value is -1.44. The van der Waals surface area contributed by atoms with Crippen LogP contribution in [-0.4, -0.2) is 27.7 Å². The maximum atomic E-state index is 11.9. The minimum atomic E-state index is -4.14. The predicted octanol–water partition coefficient (Wildman–Crippen LogP) is 2.17. The number of rotatable bonds is 5. The van der Waals surface area contributed by atoms with Crippen molar-refractivity contribution < 1.29 is 13.2 Å². The van der Waals surface area contributed by atoms with Crippen LogP contribution in [0.4, 0.5) is 19.1 Å². The highest BCUT2D eigenvalue weighted by Gasteiger charge is 2.25. The minimum absolute atomic E-state index is 0.0385. The summed E-state index contributed by atoms with van der Waals surface area (Å²) in [6.07, 6.45) is -5.02. The van der Waals surface area contributed by atoms with E-state index in [-0.39, 0.29) is 23.9 Å². The highest BCUT2D eigenvalue weighted by atomic mass is 32.1. The van der Waals surface area contributed by atoms with Gasteiger partial charge in [-0.2, -0.15) is 13.2 Å². The van der Waals surface area contributed by atoms with Crippen molar-refractivity contribution in [3.05, 3.63) is 17.5 Å². The van der Waals surface area contributed by atoms with Gasteiger partial charge in [0.15, 0.2) is 0 Å². The molecule has 0 aliphatic heterocycles. The second kappa shape index (κ2) is 5.94. The van der Waals surface area contributed by atoms with Crippen molar-refractivity contribution in [1.82, 2.24) is 9.97 Å². The first-order chi connectivity index (χ1) is 8.28. The lowest BCUT2D eigenvalue weighted by Crippen LogP contribution is -2.16. The molecule has 0 atom stereocenters. The van der Waals surface area contributed by atoms with Gasteiger partial charge in [-0.1, -0.05) is 12.2 Å². The lowest BCUT2D eigenvalue weighted by molar-refractivity contribution is -0.134. The van der Waals surface area contributed by atoms with Crippen LogP contribution >= 0.6 is 12.2 Å². The largest absolute Gasteiger partial charge is 0.389 e. The zero-order chi connectivity index (χ0) is 13.8. The molecule has 0 saturated heterocycles. The Morgan fingerprint density at radius 1 is 1.44 bits per heavy atom. The van der Waals surface area contributed by atoms with Gasteiger partial charge < -0.3 is 11.1 Å². The highest BCUT2D eigenvalue weighted by Crippen LogP contribution is 2.21. The molecule has 1 aromatic rings. The Balaban J connectivity index is 2.55. The van der Waals surface area contributed by atoms with E-state index in [0.717, 1.165) is 0 Å².